The summed E-state index contributed by atoms with van der Waals surface area (Å²) in [6, 6.07) is 5.60. The van der Waals surface area contributed by atoms with Gasteiger partial charge < -0.3 is 10.2 Å². The summed E-state index contributed by atoms with van der Waals surface area (Å²) in [5.74, 6) is -0.257. The summed E-state index contributed by atoms with van der Waals surface area (Å²) in [6.07, 6.45) is 0. The molecule has 1 saturated heterocycles. The number of carbonyl (C=O) groups is 2. The number of carbonyl (C=O) groups excluding carboxylic acids is 2. The molecule has 1 aliphatic heterocycles. The first-order valence-corrected chi connectivity index (χ1v) is 9.27. The molecule has 1 aromatic rings. The van der Waals surface area contributed by atoms with E-state index in [2.05, 4.69) is 52.5 Å². The maximum Gasteiger partial charge on any atom is 0.321 e. The van der Waals surface area contributed by atoms with Crippen LogP contribution in [0, 0.1) is 13.8 Å². The molecule has 6 nitrogen and oxygen atoms in total. The quantitative estimate of drug-likeness (QED) is 0.869. The van der Waals surface area contributed by atoms with Gasteiger partial charge in [-0.25, -0.2) is 4.79 Å². The molecule has 0 aliphatic carbocycles. The Morgan fingerprint density at radius 1 is 1.08 bits per heavy atom. The maximum atomic E-state index is 12.4. The molecule has 1 atom stereocenters. The Hall–Kier alpha value is -2.08. The monoisotopic (exact) mass is 360 g/mol. The molecule has 0 radical (unpaired) electrons. The molecule has 0 bridgehead atoms. The van der Waals surface area contributed by atoms with Gasteiger partial charge >= 0.3 is 6.03 Å². The second-order valence-corrected chi connectivity index (χ2v) is 8.11. The molecule has 144 valence electrons. The number of hydrogen-bond acceptors (Lipinski definition) is 4. The van der Waals surface area contributed by atoms with Crippen LogP contribution in [0.5, 0.6) is 0 Å². The average molecular weight is 361 g/mol. The van der Waals surface area contributed by atoms with E-state index in [1.807, 2.05) is 27.7 Å². The first kappa shape index (κ1) is 20.2. The summed E-state index contributed by atoms with van der Waals surface area (Å²) in [4.78, 5) is 28.8. The Kier molecular flexibility index (Phi) is 6.29. The summed E-state index contributed by atoms with van der Waals surface area (Å²) in [5.41, 5.74) is 3.50. The number of piperazine rings is 1. The van der Waals surface area contributed by atoms with Crippen LogP contribution in [0.1, 0.15) is 38.8 Å². The van der Waals surface area contributed by atoms with Crippen LogP contribution in [-0.4, -0.2) is 54.6 Å². The van der Waals surface area contributed by atoms with E-state index in [0.717, 1.165) is 26.2 Å². The number of benzene rings is 1. The fraction of sp³-hybridized carbons (Fsp3) is 0.600. The van der Waals surface area contributed by atoms with E-state index in [1.54, 1.807) is 0 Å². The Bertz CT molecular complexity index is 658. The molecule has 0 spiro atoms. The zero-order chi connectivity index (χ0) is 19.5. The van der Waals surface area contributed by atoms with Gasteiger partial charge in [0.15, 0.2) is 0 Å². The van der Waals surface area contributed by atoms with Crippen molar-refractivity contribution in [2.45, 2.75) is 53.1 Å². The van der Waals surface area contributed by atoms with Crippen molar-refractivity contribution in [2.24, 2.45) is 0 Å². The Morgan fingerprint density at radius 2 is 1.69 bits per heavy atom. The fourth-order valence-corrected chi connectivity index (χ4v) is 3.18. The van der Waals surface area contributed by atoms with Crippen molar-refractivity contribution >= 4 is 17.6 Å². The minimum absolute atomic E-state index is 0.257. The Balaban J connectivity index is 1.89. The van der Waals surface area contributed by atoms with Gasteiger partial charge in [0.25, 0.3) is 0 Å². The second kappa shape index (κ2) is 8.08. The Labute approximate surface area is 156 Å². The molecular formula is C20H32N4O2. The summed E-state index contributed by atoms with van der Waals surface area (Å²) >= 11 is 0. The average Bonchev–Trinajstić information content (AvgIpc) is 2.55. The largest absolute Gasteiger partial charge is 0.369 e. The van der Waals surface area contributed by atoms with Crippen LogP contribution in [0.25, 0.3) is 0 Å². The molecule has 2 rings (SSSR count). The number of nitrogens with one attached hydrogen (secondary N) is 2. The van der Waals surface area contributed by atoms with E-state index in [4.69, 9.17) is 0 Å². The van der Waals surface area contributed by atoms with Gasteiger partial charge in [0.05, 0.1) is 6.04 Å². The highest BCUT2D eigenvalue weighted by molar-refractivity contribution is 5.97. The van der Waals surface area contributed by atoms with E-state index in [1.165, 1.54) is 16.8 Å². The molecule has 1 aliphatic rings. The lowest BCUT2D eigenvalue weighted by Gasteiger charge is -2.39. The van der Waals surface area contributed by atoms with Crippen LogP contribution in [0.4, 0.5) is 10.5 Å². The highest BCUT2D eigenvalue weighted by atomic mass is 16.2. The predicted molar refractivity (Wildman–Crippen MR) is 106 cm³/mol. The van der Waals surface area contributed by atoms with E-state index in [0.29, 0.717) is 0 Å². The lowest BCUT2D eigenvalue weighted by Crippen LogP contribution is -2.56. The second-order valence-electron chi connectivity index (χ2n) is 8.11. The van der Waals surface area contributed by atoms with E-state index in [9.17, 15) is 9.59 Å². The number of aryl methyl sites for hydroxylation is 1. The lowest BCUT2D eigenvalue weighted by molar-refractivity contribution is -0.124. The van der Waals surface area contributed by atoms with Gasteiger partial charge in [-0.3, -0.25) is 15.0 Å². The van der Waals surface area contributed by atoms with E-state index < -0.39 is 6.03 Å². The van der Waals surface area contributed by atoms with Crippen LogP contribution >= 0.6 is 0 Å². The molecule has 0 saturated carbocycles. The Morgan fingerprint density at radius 3 is 2.27 bits per heavy atom. The van der Waals surface area contributed by atoms with Crippen molar-refractivity contribution in [3.05, 3.63) is 29.3 Å². The molecular weight excluding hydrogens is 328 g/mol. The normalized spacial score (nSPS) is 16.9. The zero-order valence-electron chi connectivity index (χ0n) is 16.8. The van der Waals surface area contributed by atoms with Crippen molar-refractivity contribution in [1.29, 1.82) is 0 Å². The first-order chi connectivity index (χ1) is 12.1. The minimum atomic E-state index is -0.441. The van der Waals surface area contributed by atoms with Gasteiger partial charge in [-0.1, -0.05) is 12.1 Å². The molecule has 6 heteroatoms. The fourth-order valence-electron chi connectivity index (χ4n) is 3.18. The molecule has 3 amide bonds. The van der Waals surface area contributed by atoms with Crippen molar-refractivity contribution < 1.29 is 9.59 Å². The molecule has 0 unspecified atom stereocenters. The number of anilines is 1. The summed E-state index contributed by atoms with van der Waals surface area (Å²) in [6.45, 7) is 15.1. The number of imide groups is 1. The smallest absolute Gasteiger partial charge is 0.321 e. The van der Waals surface area contributed by atoms with Crippen molar-refractivity contribution in [2.75, 3.05) is 31.1 Å². The SMILES string of the molecule is Cc1cccc(N2CCN([C@H](C)C(=O)NC(=O)NC(C)(C)C)CC2)c1C. The molecule has 2 N–H and O–H groups in total. The summed E-state index contributed by atoms with van der Waals surface area (Å²) in [7, 11) is 0. The van der Waals surface area contributed by atoms with Crippen LogP contribution in [0.15, 0.2) is 18.2 Å². The van der Waals surface area contributed by atoms with Gasteiger partial charge in [0.1, 0.15) is 0 Å². The minimum Gasteiger partial charge on any atom is -0.369 e. The van der Waals surface area contributed by atoms with Crippen molar-refractivity contribution in [1.82, 2.24) is 15.5 Å². The topological polar surface area (TPSA) is 64.7 Å². The van der Waals surface area contributed by atoms with Crippen molar-refractivity contribution in [3.8, 4) is 0 Å². The van der Waals surface area contributed by atoms with Crippen molar-refractivity contribution in [3.63, 3.8) is 0 Å². The van der Waals surface area contributed by atoms with Crippen LogP contribution < -0.4 is 15.5 Å². The number of nitrogens with zero attached hydrogens (tertiary/aromatic N) is 2. The van der Waals surface area contributed by atoms with Gasteiger partial charge in [-0.05, 0) is 58.7 Å². The van der Waals surface area contributed by atoms with E-state index >= 15 is 0 Å². The standard InChI is InChI=1S/C20H32N4O2/c1-14-8-7-9-17(15(14)2)24-12-10-23(11-13-24)16(3)18(25)21-19(26)22-20(4,5)6/h7-9,16H,10-13H2,1-6H3,(H2,21,22,25,26)/t16-/m1/s1. The summed E-state index contributed by atoms with van der Waals surface area (Å²) < 4.78 is 0. The molecule has 1 aromatic carbocycles. The van der Waals surface area contributed by atoms with Gasteiger partial charge in [0.2, 0.25) is 5.91 Å². The molecule has 1 heterocycles. The molecule has 1 fully saturated rings. The van der Waals surface area contributed by atoms with Gasteiger partial charge in [-0.2, -0.15) is 0 Å². The predicted octanol–water partition coefficient (Wildman–Crippen LogP) is 2.44. The zero-order valence-corrected chi connectivity index (χ0v) is 16.8. The first-order valence-electron chi connectivity index (χ1n) is 9.27. The highest BCUT2D eigenvalue weighted by Gasteiger charge is 2.27. The number of urea groups is 1. The number of hydrogen-bond donors (Lipinski definition) is 2. The number of amides is 3. The highest BCUT2D eigenvalue weighted by Crippen LogP contribution is 2.24. The lowest BCUT2D eigenvalue weighted by atomic mass is 10.1. The van der Waals surface area contributed by atoms with Crippen LogP contribution in [0.2, 0.25) is 0 Å². The van der Waals surface area contributed by atoms with E-state index in [-0.39, 0.29) is 17.5 Å². The maximum absolute atomic E-state index is 12.4. The molecule has 0 aromatic heterocycles. The third kappa shape index (κ3) is 5.21. The van der Waals surface area contributed by atoms with Gasteiger partial charge in [-0.15, -0.1) is 0 Å². The molecule has 26 heavy (non-hydrogen) atoms. The van der Waals surface area contributed by atoms with Crippen LogP contribution in [-0.2, 0) is 4.79 Å². The summed E-state index contributed by atoms with van der Waals surface area (Å²) in [5, 5.41) is 5.20. The number of rotatable bonds is 3. The van der Waals surface area contributed by atoms with Gasteiger partial charge in [0, 0.05) is 37.4 Å². The third-order valence-corrected chi connectivity index (χ3v) is 4.88. The third-order valence-electron chi connectivity index (χ3n) is 4.88. The van der Waals surface area contributed by atoms with Crippen LogP contribution in [0.3, 0.4) is 0 Å².